The average molecular weight is 342 g/mol. The number of hydrogen-bond donors (Lipinski definition) is 0. The molecule has 0 heterocycles. The summed E-state index contributed by atoms with van der Waals surface area (Å²) in [5, 5.41) is 0. The second-order valence-corrected chi connectivity index (χ2v) is 7.03. The van der Waals surface area contributed by atoms with Gasteiger partial charge >= 0.3 is 12.1 Å². The van der Waals surface area contributed by atoms with E-state index in [4.69, 9.17) is 4.74 Å². The maximum absolute atomic E-state index is 12.9. The number of carbonyl (C=O) groups excluding carboxylic acids is 2. The van der Waals surface area contributed by atoms with Gasteiger partial charge in [0, 0.05) is 17.5 Å². The predicted octanol–water partition coefficient (Wildman–Crippen LogP) is 4.95. The first-order valence-electron chi connectivity index (χ1n) is 7.90. The summed E-state index contributed by atoms with van der Waals surface area (Å²) >= 11 is 0. The number of alkyl halides is 3. The lowest BCUT2D eigenvalue weighted by Gasteiger charge is -2.31. The number of ether oxygens (including phenoxy) is 1. The summed E-state index contributed by atoms with van der Waals surface area (Å²) in [6.45, 7) is 7.23. The van der Waals surface area contributed by atoms with E-state index < -0.39 is 29.2 Å². The highest BCUT2D eigenvalue weighted by Gasteiger charge is 2.38. The van der Waals surface area contributed by atoms with Gasteiger partial charge < -0.3 is 4.74 Å². The average Bonchev–Trinajstić information content (AvgIpc) is 2.48. The van der Waals surface area contributed by atoms with Crippen LogP contribution in [0.3, 0.4) is 0 Å². The molecule has 0 saturated heterocycles. The highest BCUT2D eigenvalue weighted by molar-refractivity contribution is 5.99. The molecule has 1 aromatic carbocycles. The van der Waals surface area contributed by atoms with Crippen molar-refractivity contribution in [3.8, 4) is 0 Å². The van der Waals surface area contributed by atoms with Crippen LogP contribution in [0.5, 0.6) is 0 Å². The van der Waals surface area contributed by atoms with Crippen LogP contribution in [0.1, 0.15) is 68.1 Å². The van der Waals surface area contributed by atoms with E-state index >= 15 is 0 Å². The van der Waals surface area contributed by atoms with Crippen LogP contribution in [-0.4, -0.2) is 11.8 Å². The van der Waals surface area contributed by atoms with Crippen LogP contribution in [0.4, 0.5) is 13.2 Å². The smallest absolute Gasteiger partial charge is 0.416 e. The van der Waals surface area contributed by atoms with E-state index in [1.165, 1.54) is 6.07 Å². The molecule has 132 valence electrons. The fraction of sp³-hybridized carbons (Fsp3) is 0.556. The number of Topliss-reactive ketones (excluding diaryl/α,β-unsaturated/α-hetero) is 1. The number of carbonyl (C=O) groups is 2. The summed E-state index contributed by atoms with van der Waals surface area (Å²) in [4.78, 5) is 24.4. The molecule has 6 heteroatoms. The topological polar surface area (TPSA) is 43.4 Å². The third-order valence-electron chi connectivity index (χ3n) is 4.88. The van der Waals surface area contributed by atoms with Crippen LogP contribution in [-0.2, 0) is 15.7 Å². The van der Waals surface area contributed by atoms with Crippen LogP contribution in [0.25, 0.3) is 0 Å². The van der Waals surface area contributed by atoms with E-state index in [1.807, 2.05) is 13.8 Å². The van der Waals surface area contributed by atoms with Crippen molar-refractivity contribution in [1.29, 1.82) is 0 Å². The second kappa shape index (κ2) is 6.22. The molecule has 2 rings (SSSR count). The number of fused-ring (bicyclic) bond motifs is 1. The molecule has 1 atom stereocenters. The Morgan fingerprint density at radius 3 is 2.42 bits per heavy atom. The van der Waals surface area contributed by atoms with Crippen molar-refractivity contribution in [3.63, 3.8) is 0 Å². The molecule has 0 amide bonds. The Morgan fingerprint density at radius 1 is 1.25 bits per heavy atom. The number of rotatable bonds is 3. The first kappa shape index (κ1) is 18.5. The van der Waals surface area contributed by atoms with E-state index in [2.05, 4.69) is 0 Å². The number of esters is 1. The quantitative estimate of drug-likeness (QED) is 0.730. The molecule has 1 aliphatic carbocycles. The van der Waals surface area contributed by atoms with Crippen molar-refractivity contribution in [3.05, 3.63) is 34.9 Å². The van der Waals surface area contributed by atoms with E-state index in [1.54, 1.807) is 13.8 Å². The molecule has 0 radical (unpaired) electrons. The normalized spacial score (nSPS) is 18.5. The fourth-order valence-electron chi connectivity index (χ4n) is 2.45. The first-order chi connectivity index (χ1) is 10.9. The van der Waals surface area contributed by atoms with Gasteiger partial charge in [0.05, 0.1) is 11.0 Å². The number of benzene rings is 1. The maximum atomic E-state index is 12.9. The molecular weight excluding hydrogens is 321 g/mol. The highest BCUT2D eigenvalue weighted by Crippen LogP contribution is 2.39. The van der Waals surface area contributed by atoms with E-state index in [9.17, 15) is 22.8 Å². The molecule has 0 N–H and O–H groups in total. The van der Waals surface area contributed by atoms with Crippen LogP contribution < -0.4 is 0 Å². The zero-order valence-corrected chi connectivity index (χ0v) is 14.2. The SMILES string of the molecule is CC(C)C(C)(C)C(=O)OC1CCC(=O)c2ccc(C(F)(F)F)cc21. The monoisotopic (exact) mass is 342 g/mol. The fourth-order valence-corrected chi connectivity index (χ4v) is 2.45. The summed E-state index contributed by atoms with van der Waals surface area (Å²) in [6.07, 6.45) is -4.99. The Kier molecular flexibility index (Phi) is 4.79. The Balaban J connectivity index is 2.37. The number of hydrogen-bond acceptors (Lipinski definition) is 3. The Morgan fingerprint density at radius 2 is 1.88 bits per heavy atom. The minimum Gasteiger partial charge on any atom is -0.457 e. The zero-order chi connectivity index (χ0) is 18.3. The van der Waals surface area contributed by atoms with Gasteiger partial charge in [-0.1, -0.05) is 19.9 Å². The number of ketones is 1. The minimum absolute atomic E-state index is 0.0104. The standard InChI is InChI=1S/C18H21F3O3/c1-10(2)17(3,4)16(23)24-15-8-7-14(22)12-6-5-11(9-13(12)15)18(19,20)21/h5-6,9-10,15H,7-8H2,1-4H3. The van der Waals surface area contributed by atoms with Gasteiger partial charge in [-0.25, -0.2) is 0 Å². The Hall–Kier alpha value is -1.85. The lowest BCUT2D eigenvalue weighted by molar-refractivity contribution is -0.163. The Bertz CT molecular complexity index is 660. The molecule has 3 nitrogen and oxygen atoms in total. The molecule has 1 aliphatic rings. The minimum atomic E-state index is -4.51. The summed E-state index contributed by atoms with van der Waals surface area (Å²) in [5.74, 6) is -0.689. The molecule has 24 heavy (non-hydrogen) atoms. The molecule has 0 fully saturated rings. The van der Waals surface area contributed by atoms with Crippen molar-refractivity contribution >= 4 is 11.8 Å². The van der Waals surface area contributed by atoms with Gasteiger partial charge in [-0.05, 0) is 38.3 Å². The van der Waals surface area contributed by atoms with E-state index in [-0.39, 0.29) is 35.7 Å². The maximum Gasteiger partial charge on any atom is 0.416 e. The molecule has 1 unspecified atom stereocenters. The second-order valence-electron chi connectivity index (χ2n) is 7.03. The van der Waals surface area contributed by atoms with Gasteiger partial charge in [-0.3, -0.25) is 9.59 Å². The van der Waals surface area contributed by atoms with Crippen LogP contribution in [0, 0.1) is 11.3 Å². The number of halogens is 3. The van der Waals surface area contributed by atoms with E-state index in [0.717, 1.165) is 12.1 Å². The van der Waals surface area contributed by atoms with Crippen molar-refractivity contribution in [2.45, 2.75) is 52.8 Å². The van der Waals surface area contributed by atoms with Crippen molar-refractivity contribution in [2.75, 3.05) is 0 Å². The lowest BCUT2D eigenvalue weighted by atomic mass is 9.81. The summed E-state index contributed by atoms with van der Waals surface area (Å²) in [5.41, 5.74) is -1.26. The van der Waals surface area contributed by atoms with E-state index in [0.29, 0.717) is 0 Å². The van der Waals surface area contributed by atoms with Crippen molar-refractivity contribution in [1.82, 2.24) is 0 Å². The van der Waals surface area contributed by atoms with Crippen LogP contribution in [0.15, 0.2) is 18.2 Å². The third kappa shape index (κ3) is 3.47. The molecular formula is C18H21F3O3. The highest BCUT2D eigenvalue weighted by atomic mass is 19.4. The summed E-state index contributed by atoms with van der Waals surface area (Å²) < 4.78 is 44.3. The van der Waals surface area contributed by atoms with Crippen LogP contribution in [0.2, 0.25) is 0 Å². The van der Waals surface area contributed by atoms with Gasteiger partial charge in [0.1, 0.15) is 6.10 Å². The van der Waals surface area contributed by atoms with Crippen molar-refractivity contribution < 1.29 is 27.5 Å². The Labute approximate surface area is 139 Å². The largest absolute Gasteiger partial charge is 0.457 e. The van der Waals surface area contributed by atoms with Gasteiger partial charge in [-0.15, -0.1) is 0 Å². The first-order valence-corrected chi connectivity index (χ1v) is 7.90. The van der Waals surface area contributed by atoms with Gasteiger partial charge in [-0.2, -0.15) is 13.2 Å². The molecule has 1 aromatic rings. The molecule has 0 spiro atoms. The predicted molar refractivity (Wildman–Crippen MR) is 82.5 cm³/mol. The van der Waals surface area contributed by atoms with Gasteiger partial charge in [0.15, 0.2) is 5.78 Å². The van der Waals surface area contributed by atoms with Gasteiger partial charge in [0.25, 0.3) is 0 Å². The molecule has 0 aliphatic heterocycles. The zero-order valence-electron chi connectivity index (χ0n) is 14.2. The van der Waals surface area contributed by atoms with Gasteiger partial charge in [0.2, 0.25) is 0 Å². The van der Waals surface area contributed by atoms with Crippen molar-refractivity contribution in [2.24, 2.45) is 11.3 Å². The molecule has 0 aromatic heterocycles. The molecule has 0 bridgehead atoms. The van der Waals surface area contributed by atoms with Crippen LogP contribution >= 0.6 is 0 Å². The summed E-state index contributed by atoms with van der Waals surface area (Å²) in [7, 11) is 0. The summed E-state index contributed by atoms with van der Waals surface area (Å²) in [6, 6.07) is 2.99. The third-order valence-corrected chi connectivity index (χ3v) is 4.88. The lowest BCUT2D eigenvalue weighted by Crippen LogP contribution is -2.34. The molecule has 0 saturated carbocycles.